The van der Waals surface area contributed by atoms with Gasteiger partial charge in [0.15, 0.2) is 0 Å². The van der Waals surface area contributed by atoms with Crippen molar-refractivity contribution in [1.82, 2.24) is 0 Å². The van der Waals surface area contributed by atoms with Gasteiger partial charge in [-0.25, -0.2) is 0 Å². The molecule has 0 aliphatic heterocycles. The van der Waals surface area contributed by atoms with Crippen LogP contribution in [0, 0.1) is 0 Å². The summed E-state index contributed by atoms with van der Waals surface area (Å²) in [5.41, 5.74) is 6.48. The van der Waals surface area contributed by atoms with Crippen LogP contribution >= 0.6 is 35.3 Å². The number of hydrogen-bond donors (Lipinski definition) is 1. The minimum absolute atomic E-state index is 0. The first kappa shape index (κ1) is 12.5. The summed E-state index contributed by atoms with van der Waals surface area (Å²) in [6, 6.07) is 6.94. The highest BCUT2D eigenvalue weighted by Crippen LogP contribution is 2.28. The average molecular weight is 262 g/mol. The predicted molar refractivity (Wildman–Crippen MR) is 66.9 cm³/mol. The second-order valence-corrected chi connectivity index (χ2v) is 4.28. The Morgan fingerprint density at radius 1 is 1.40 bits per heavy atom. The summed E-state index contributed by atoms with van der Waals surface area (Å²) in [7, 11) is 0. The van der Waals surface area contributed by atoms with Crippen molar-refractivity contribution >= 4 is 50.7 Å². The molecule has 2 N–H and O–H groups in total. The number of thiophene rings is 1. The van der Waals surface area contributed by atoms with Gasteiger partial charge in [-0.2, -0.15) is 0 Å². The van der Waals surface area contributed by atoms with E-state index >= 15 is 0 Å². The van der Waals surface area contributed by atoms with Gasteiger partial charge in [-0.1, -0.05) is 12.1 Å². The van der Waals surface area contributed by atoms with E-state index in [1.54, 1.807) is 11.3 Å². The SMILES string of the molecule is Cl.NC(C(=O)Cl)c1cccc2sccc12. The maximum atomic E-state index is 11.0. The number of hydrogen-bond acceptors (Lipinski definition) is 3. The Balaban J connectivity index is 0.00000112. The van der Waals surface area contributed by atoms with Crippen molar-refractivity contribution in [2.75, 3.05) is 0 Å². The predicted octanol–water partition coefficient (Wildman–Crippen LogP) is 3.09. The molecule has 0 bridgehead atoms. The highest BCUT2D eigenvalue weighted by atomic mass is 35.5. The van der Waals surface area contributed by atoms with E-state index in [0.29, 0.717) is 0 Å². The van der Waals surface area contributed by atoms with E-state index in [0.717, 1.165) is 15.6 Å². The van der Waals surface area contributed by atoms with Crippen molar-refractivity contribution in [3.8, 4) is 0 Å². The molecular weight excluding hydrogens is 253 g/mol. The molecule has 5 heteroatoms. The monoisotopic (exact) mass is 261 g/mol. The molecule has 0 radical (unpaired) electrons. The number of benzene rings is 1. The van der Waals surface area contributed by atoms with Crippen LogP contribution in [-0.2, 0) is 4.79 Å². The van der Waals surface area contributed by atoms with Crippen molar-refractivity contribution in [1.29, 1.82) is 0 Å². The van der Waals surface area contributed by atoms with Gasteiger partial charge in [0.25, 0.3) is 0 Å². The molecule has 2 rings (SSSR count). The van der Waals surface area contributed by atoms with Crippen LogP contribution in [0.2, 0.25) is 0 Å². The molecule has 1 aromatic heterocycles. The highest BCUT2D eigenvalue weighted by Gasteiger charge is 2.15. The first-order chi connectivity index (χ1) is 6.70. The quantitative estimate of drug-likeness (QED) is 0.845. The molecular formula is C10H9Cl2NOS. The number of halogens is 2. The average Bonchev–Trinajstić information content (AvgIpc) is 2.63. The van der Waals surface area contributed by atoms with Crippen molar-refractivity contribution < 1.29 is 4.79 Å². The van der Waals surface area contributed by atoms with Gasteiger partial charge in [-0.3, -0.25) is 4.79 Å². The summed E-state index contributed by atoms with van der Waals surface area (Å²) >= 11 is 6.99. The van der Waals surface area contributed by atoms with E-state index in [-0.39, 0.29) is 12.4 Å². The Hall–Kier alpha value is -0.610. The summed E-state index contributed by atoms with van der Waals surface area (Å²) in [6.45, 7) is 0. The zero-order chi connectivity index (χ0) is 10.1. The van der Waals surface area contributed by atoms with Crippen LogP contribution in [0.5, 0.6) is 0 Å². The molecule has 1 unspecified atom stereocenters. The molecule has 1 atom stereocenters. The number of nitrogens with two attached hydrogens (primary N) is 1. The van der Waals surface area contributed by atoms with Crippen molar-refractivity contribution in [2.45, 2.75) is 6.04 Å². The van der Waals surface area contributed by atoms with Gasteiger partial charge in [0.1, 0.15) is 6.04 Å². The first-order valence-electron chi connectivity index (χ1n) is 4.11. The normalized spacial score (nSPS) is 12.1. The minimum atomic E-state index is -0.727. The zero-order valence-corrected chi connectivity index (χ0v) is 10.0. The summed E-state index contributed by atoms with van der Waals surface area (Å²) in [4.78, 5) is 11.0. The van der Waals surface area contributed by atoms with Gasteiger partial charge in [-0.15, -0.1) is 23.7 Å². The molecule has 0 spiro atoms. The second kappa shape index (κ2) is 4.94. The Kier molecular flexibility index (Phi) is 4.11. The second-order valence-electron chi connectivity index (χ2n) is 2.96. The fourth-order valence-electron chi connectivity index (χ4n) is 1.41. The van der Waals surface area contributed by atoms with Crippen molar-refractivity contribution in [3.05, 3.63) is 35.2 Å². The van der Waals surface area contributed by atoms with Crippen LogP contribution in [-0.4, -0.2) is 5.24 Å². The minimum Gasteiger partial charge on any atom is -0.317 e. The van der Waals surface area contributed by atoms with Crippen LogP contribution in [0.15, 0.2) is 29.6 Å². The summed E-state index contributed by atoms with van der Waals surface area (Å²) < 4.78 is 1.12. The largest absolute Gasteiger partial charge is 0.317 e. The molecule has 0 aliphatic carbocycles. The third-order valence-electron chi connectivity index (χ3n) is 2.11. The molecule has 0 aliphatic rings. The summed E-state index contributed by atoms with van der Waals surface area (Å²) in [5.74, 6) is 0. The highest BCUT2D eigenvalue weighted by molar-refractivity contribution is 7.17. The number of carbonyl (C=O) groups excluding carboxylic acids is 1. The molecule has 0 saturated carbocycles. The number of fused-ring (bicyclic) bond motifs is 1. The molecule has 2 nitrogen and oxygen atoms in total. The zero-order valence-electron chi connectivity index (χ0n) is 7.64. The van der Waals surface area contributed by atoms with Crippen LogP contribution < -0.4 is 5.73 Å². The topological polar surface area (TPSA) is 43.1 Å². The van der Waals surface area contributed by atoms with Crippen LogP contribution in [0.4, 0.5) is 0 Å². The third-order valence-corrected chi connectivity index (χ3v) is 3.23. The van der Waals surface area contributed by atoms with Gasteiger partial charge in [0, 0.05) is 4.70 Å². The van der Waals surface area contributed by atoms with Gasteiger partial charge in [0.05, 0.1) is 0 Å². The van der Waals surface area contributed by atoms with E-state index in [9.17, 15) is 4.79 Å². The van der Waals surface area contributed by atoms with Crippen molar-refractivity contribution in [2.24, 2.45) is 5.73 Å². The van der Waals surface area contributed by atoms with Gasteiger partial charge < -0.3 is 5.73 Å². The Morgan fingerprint density at radius 3 is 2.80 bits per heavy atom. The van der Waals surface area contributed by atoms with Crippen LogP contribution in [0.25, 0.3) is 10.1 Å². The lowest BCUT2D eigenvalue weighted by Gasteiger charge is -2.07. The Bertz CT molecular complexity index is 483. The molecule has 1 aromatic carbocycles. The standard InChI is InChI=1S/C10H8ClNOS.ClH/c11-10(13)9(12)7-2-1-3-8-6(7)4-5-14-8;/h1-5,9H,12H2;1H. The lowest BCUT2D eigenvalue weighted by molar-refractivity contribution is -0.112. The molecule has 15 heavy (non-hydrogen) atoms. The molecule has 2 aromatic rings. The maximum Gasteiger partial charge on any atom is 0.242 e. The summed E-state index contributed by atoms with van der Waals surface area (Å²) in [6.07, 6.45) is 0. The smallest absolute Gasteiger partial charge is 0.242 e. The van der Waals surface area contributed by atoms with E-state index in [1.807, 2.05) is 29.6 Å². The van der Waals surface area contributed by atoms with E-state index < -0.39 is 11.3 Å². The van der Waals surface area contributed by atoms with E-state index in [4.69, 9.17) is 17.3 Å². The lowest BCUT2D eigenvalue weighted by atomic mass is 10.0. The number of carbonyl (C=O) groups is 1. The lowest BCUT2D eigenvalue weighted by Crippen LogP contribution is -2.16. The number of rotatable bonds is 2. The molecule has 1 heterocycles. The van der Waals surface area contributed by atoms with Gasteiger partial charge in [0.2, 0.25) is 5.24 Å². The van der Waals surface area contributed by atoms with Crippen LogP contribution in [0.1, 0.15) is 11.6 Å². The van der Waals surface area contributed by atoms with Crippen LogP contribution in [0.3, 0.4) is 0 Å². The van der Waals surface area contributed by atoms with Gasteiger partial charge >= 0.3 is 0 Å². The summed E-state index contributed by atoms with van der Waals surface area (Å²) in [5, 5.41) is 2.46. The fraction of sp³-hybridized carbons (Fsp3) is 0.100. The molecule has 0 fully saturated rings. The van der Waals surface area contributed by atoms with Crippen molar-refractivity contribution in [3.63, 3.8) is 0 Å². The molecule has 80 valence electrons. The molecule has 0 saturated heterocycles. The Labute approximate surface area is 102 Å². The third kappa shape index (κ3) is 2.32. The maximum absolute atomic E-state index is 11.0. The Morgan fingerprint density at radius 2 is 2.13 bits per heavy atom. The molecule has 0 amide bonds. The van der Waals surface area contributed by atoms with E-state index in [2.05, 4.69) is 0 Å². The van der Waals surface area contributed by atoms with Gasteiger partial charge in [-0.05, 0) is 40.1 Å². The fourth-order valence-corrected chi connectivity index (χ4v) is 2.35. The first-order valence-corrected chi connectivity index (χ1v) is 5.37. The van der Waals surface area contributed by atoms with E-state index in [1.165, 1.54) is 0 Å².